The van der Waals surface area contributed by atoms with Crippen LogP contribution in [0.3, 0.4) is 0 Å². The highest BCUT2D eigenvalue weighted by molar-refractivity contribution is 5.43. The highest BCUT2D eigenvalue weighted by Crippen LogP contribution is 2.16. The molecule has 1 aliphatic heterocycles. The molecule has 1 aliphatic rings. The van der Waals surface area contributed by atoms with Crippen molar-refractivity contribution in [1.29, 1.82) is 0 Å². The summed E-state index contributed by atoms with van der Waals surface area (Å²) >= 11 is 0. The third-order valence-corrected chi connectivity index (χ3v) is 3.01. The first-order valence-corrected chi connectivity index (χ1v) is 5.83. The van der Waals surface area contributed by atoms with Crippen molar-refractivity contribution in [2.45, 2.75) is 19.1 Å². The molecule has 1 N–H and O–H groups in total. The second-order valence-electron chi connectivity index (χ2n) is 4.46. The zero-order valence-corrected chi connectivity index (χ0v) is 10.2. The molecule has 94 valence electrons. The van der Waals surface area contributed by atoms with Crippen molar-refractivity contribution in [3.05, 3.63) is 24.3 Å². The minimum absolute atomic E-state index is 0.0645. The highest BCUT2D eigenvalue weighted by Gasteiger charge is 2.23. The summed E-state index contributed by atoms with van der Waals surface area (Å²) in [7, 11) is 2.06. The third-order valence-electron chi connectivity index (χ3n) is 3.01. The van der Waals surface area contributed by atoms with Crippen LogP contribution in [0.2, 0.25) is 0 Å². The molecule has 5 heteroatoms. The molecule has 0 bridgehead atoms. The normalized spacial score (nSPS) is 23.4. The number of hydrogen-bond donors (Lipinski definition) is 1. The number of ether oxygens (including phenoxy) is 1. The quantitative estimate of drug-likeness (QED) is 0.864. The van der Waals surface area contributed by atoms with Gasteiger partial charge in [-0.25, -0.2) is 4.39 Å². The van der Waals surface area contributed by atoms with Crippen molar-refractivity contribution in [1.82, 2.24) is 9.88 Å². The van der Waals surface area contributed by atoms with E-state index < -0.39 is 0 Å². The summed E-state index contributed by atoms with van der Waals surface area (Å²) in [5.41, 5.74) is 0.476. The Balaban J connectivity index is 1.96. The molecule has 2 unspecified atom stereocenters. The molecular weight excluding hydrogens is 221 g/mol. The molecule has 1 aromatic heterocycles. The van der Waals surface area contributed by atoms with E-state index >= 15 is 0 Å². The van der Waals surface area contributed by atoms with Gasteiger partial charge in [0.2, 0.25) is 0 Å². The molecule has 0 radical (unpaired) electrons. The Hall–Kier alpha value is -1.20. The number of likely N-dealkylation sites (N-methyl/N-ethyl adjacent to an activating group) is 1. The van der Waals surface area contributed by atoms with Crippen molar-refractivity contribution >= 4 is 5.69 Å². The number of nitrogens with one attached hydrogen (secondary N) is 1. The van der Waals surface area contributed by atoms with E-state index in [4.69, 9.17) is 4.74 Å². The number of anilines is 1. The lowest BCUT2D eigenvalue weighted by molar-refractivity contribution is -0.0259. The van der Waals surface area contributed by atoms with Gasteiger partial charge in [0.1, 0.15) is 0 Å². The maximum absolute atomic E-state index is 13.4. The summed E-state index contributed by atoms with van der Waals surface area (Å²) in [6.45, 7) is 4.55. The van der Waals surface area contributed by atoms with Gasteiger partial charge in [-0.1, -0.05) is 0 Å². The Morgan fingerprint density at radius 1 is 1.65 bits per heavy atom. The Morgan fingerprint density at radius 3 is 3.18 bits per heavy atom. The van der Waals surface area contributed by atoms with E-state index in [1.165, 1.54) is 6.20 Å². The Labute approximate surface area is 101 Å². The van der Waals surface area contributed by atoms with Crippen molar-refractivity contribution in [3.8, 4) is 0 Å². The van der Waals surface area contributed by atoms with E-state index in [-0.39, 0.29) is 18.0 Å². The molecule has 2 rings (SSSR count). The Morgan fingerprint density at radius 2 is 2.47 bits per heavy atom. The third kappa shape index (κ3) is 3.14. The van der Waals surface area contributed by atoms with Crippen LogP contribution in [0.25, 0.3) is 0 Å². The van der Waals surface area contributed by atoms with Crippen LogP contribution in [-0.2, 0) is 4.74 Å². The van der Waals surface area contributed by atoms with Gasteiger partial charge in [-0.05, 0) is 20.0 Å². The van der Waals surface area contributed by atoms with Gasteiger partial charge in [-0.3, -0.25) is 4.98 Å². The molecule has 0 amide bonds. The number of halogens is 1. The summed E-state index contributed by atoms with van der Waals surface area (Å²) in [6.07, 6.45) is 2.87. The summed E-state index contributed by atoms with van der Waals surface area (Å²) in [4.78, 5) is 5.94. The Bertz CT molecular complexity index is 375. The van der Waals surface area contributed by atoms with Crippen LogP contribution in [0, 0.1) is 5.82 Å². The fourth-order valence-corrected chi connectivity index (χ4v) is 1.94. The Kier molecular flexibility index (Phi) is 3.91. The molecule has 4 nitrogen and oxygen atoms in total. The average molecular weight is 239 g/mol. The lowest BCUT2D eigenvalue weighted by Crippen LogP contribution is -2.47. The second kappa shape index (κ2) is 5.42. The standard InChI is InChI=1S/C12H18FN3O/c1-9(12-8-16(2)5-6-17-12)15-11-3-4-14-7-10(11)13/h3-4,7,9,12H,5-6,8H2,1-2H3,(H,14,15). The molecule has 2 heterocycles. The number of rotatable bonds is 3. The van der Waals surface area contributed by atoms with Gasteiger partial charge in [-0.15, -0.1) is 0 Å². The molecule has 0 spiro atoms. The first kappa shape index (κ1) is 12.3. The summed E-state index contributed by atoms with van der Waals surface area (Å²) in [5.74, 6) is -0.330. The first-order valence-electron chi connectivity index (χ1n) is 5.83. The molecule has 0 aromatic carbocycles. The molecule has 1 fully saturated rings. The van der Waals surface area contributed by atoms with Gasteiger partial charge in [0, 0.05) is 19.3 Å². The molecular formula is C12H18FN3O. The van der Waals surface area contributed by atoms with Crippen LogP contribution >= 0.6 is 0 Å². The fraction of sp³-hybridized carbons (Fsp3) is 0.583. The van der Waals surface area contributed by atoms with E-state index in [2.05, 4.69) is 22.2 Å². The lowest BCUT2D eigenvalue weighted by Gasteiger charge is -2.34. The lowest BCUT2D eigenvalue weighted by atomic mass is 10.1. The van der Waals surface area contributed by atoms with Crippen molar-refractivity contribution in [3.63, 3.8) is 0 Å². The number of nitrogens with zero attached hydrogens (tertiary/aromatic N) is 2. The van der Waals surface area contributed by atoms with Crippen LogP contribution in [0.5, 0.6) is 0 Å². The predicted molar refractivity (Wildman–Crippen MR) is 64.5 cm³/mol. The average Bonchev–Trinajstić information content (AvgIpc) is 2.32. The molecule has 0 saturated carbocycles. The SMILES string of the molecule is CC(Nc1ccncc1F)C1CN(C)CCO1. The zero-order chi connectivity index (χ0) is 12.3. The first-order chi connectivity index (χ1) is 8.16. The monoisotopic (exact) mass is 239 g/mol. The zero-order valence-electron chi connectivity index (χ0n) is 10.2. The van der Waals surface area contributed by atoms with Gasteiger partial charge in [0.25, 0.3) is 0 Å². The minimum atomic E-state index is -0.330. The number of hydrogen-bond acceptors (Lipinski definition) is 4. The maximum atomic E-state index is 13.4. The van der Waals surface area contributed by atoms with Crippen LogP contribution in [-0.4, -0.2) is 48.8 Å². The molecule has 1 aromatic rings. The number of morpholine rings is 1. The highest BCUT2D eigenvalue weighted by atomic mass is 19.1. The maximum Gasteiger partial charge on any atom is 0.164 e. The summed E-state index contributed by atoms with van der Waals surface area (Å²) in [5, 5.41) is 3.13. The van der Waals surface area contributed by atoms with Gasteiger partial charge >= 0.3 is 0 Å². The van der Waals surface area contributed by atoms with Gasteiger partial charge in [0.05, 0.1) is 30.6 Å². The fourth-order valence-electron chi connectivity index (χ4n) is 1.94. The van der Waals surface area contributed by atoms with Crippen LogP contribution < -0.4 is 5.32 Å². The largest absolute Gasteiger partial charge is 0.377 e. The van der Waals surface area contributed by atoms with E-state index in [1.807, 2.05) is 6.92 Å². The van der Waals surface area contributed by atoms with Crippen LogP contribution in [0.15, 0.2) is 18.5 Å². The van der Waals surface area contributed by atoms with Gasteiger partial charge < -0.3 is 15.0 Å². The van der Waals surface area contributed by atoms with E-state index in [1.54, 1.807) is 12.3 Å². The molecule has 1 saturated heterocycles. The van der Waals surface area contributed by atoms with Crippen molar-refractivity contribution in [2.75, 3.05) is 32.1 Å². The molecule has 17 heavy (non-hydrogen) atoms. The van der Waals surface area contributed by atoms with Crippen LogP contribution in [0.1, 0.15) is 6.92 Å². The molecule has 0 aliphatic carbocycles. The van der Waals surface area contributed by atoms with Crippen molar-refractivity contribution < 1.29 is 9.13 Å². The minimum Gasteiger partial charge on any atom is -0.377 e. The smallest absolute Gasteiger partial charge is 0.164 e. The van der Waals surface area contributed by atoms with Gasteiger partial charge in [-0.2, -0.15) is 0 Å². The number of aromatic nitrogens is 1. The van der Waals surface area contributed by atoms with E-state index in [9.17, 15) is 4.39 Å². The van der Waals surface area contributed by atoms with E-state index in [0.717, 1.165) is 19.7 Å². The number of pyridine rings is 1. The second-order valence-corrected chi connectivity index (χ2v) is 4.46. The van der Waals surface area contributed by atoms with Crippen LogP contribution in [0.4, 0.5) is 10.1 Å². The summed E-state index contributed by atoms with van der Waals surface area (Å²) < 4.78 is 19.1. The van der Waals surface area contributed by atoms with Crippen molar-refractivity contribution in [2.24, 2.45) is 0 Å². The van der Waals surface area contributed by atoms with E-state index in [0.29, 0.717) is 5.69 Å². The predicted octanol–water partition coefficient (Wildman–Crippen LogP) is 1.35. The molecule has 2 atom stereocenters. The van der Waals surface area contributed by atoms with Gasteiger partial charge in [0.15, 0.2) is 5.82 Å². The summed E-state index contributed by atoms with van der Waals surface area (Å²) in [6, 6.07) is 1.70. The topological polar surface area (TPSA) is 37.4 Å².